The third kappa shape index (κ3) is 3.99. The van der Waals surface area contributed by atoms with E-state index in [1.165, 1.54) is 0 Å². The van der Waals surface area contributed by atoms with Crippen LogP contribution in [-0.4, -0.2) is 28.1 Å². The number of nitrogens with zero attached hydrogens (tertiary/aromatic N) is 2. The fourth-order valence-corrected chi connectivity index (χ4v) is 3.75. The zero-order valence-corrected chi connectivity index (χ0v) is 18.0. The molecule has 2 aromatic heterocycles. The summed E-state index contributed by atoms with van der Waals surface area (Å²) in [5.74, 6) is 0.599. The molecule has 1 unspecified atom stereocenters. The van der Waals surface area contributed by atoms with Gasteiger partial charge in [0.25, 0.3) is 0 Å². The molecule has 152 valence electrons. The van der Waals surface area contributed by atoms with Gasteiger partial charge in [0.05, 0.1) is 30.3 Å². The van der Waals surface area contributed by atoms with Crippen molar-refractivity contribution < 1.29 is 9.53 Å². The number of amides is 2. The highest BCUT2D eigenvalue weighted by molar-refractivity contribution is 9.10. The van der Waals surface area contributed by atoms with Gasteiger partial charge in [-0.25, -0.2) is 9.78 Å². The van der Waals surface area contributed by atoms with Gasteiger partial charge in [-0.3, -0.25) is 4.98 Å². The lowest BCUT2D eigenvalue weighted by atomic mass is 9.92. The van der Waals surface area contributed by atoms with Crippen LogP contribution in [0.25, 0.3) is 11.0 Å². The number of aromatic amines is 1. The lowest BCUT2D eigenvalue weighted by molar-refractivity contribution is 0.262. The van der Waals surface area contributed by atoms with Crippen LogP contribution in [0.3, 0.4) is 0 Å². The van der Waals surface area contributed by atoms with Crippen LogP contribution in [0, 0.1) is 0 Å². The summed E-state index contributed by atoms with van der Waals surface area (Å²) in [4.78, 5) is 24.5. The van der Waals surface area contributed by atoms with Gasteiger partial charge in [-0.15, -0.1) is 0 Å². The third-order valence-corrected chi connectivity index (χ3v) is 5.44. The molecule has 30 heavy (non-hydrogen) atoms. The summed E-state index contributed by atoms with van der Waals surface area (Å²) in [5, 5.41) is 5.85. The number of pyridine rings is 1. The lowest BCUT2D eigenvalue weighted by Crippen LogP contribution is -2.21. The quantitative estimate of drug-likeness (QED) is 0.361. The number of imidazole rings is 1. The Morgan fingerprint density at radius 1 is 1.13 bits per heavy atom. The molecule has 0 fully saturated rings. The minimum atomic E-state index is -0.384. The van der Waals surface area contributed by atoms with Crippen LogP contribution >= 0.6 is 15.9 Å². The molecular weight excluding hydrogens is 446 g/mol. The largest absolute Gasteiger partial charge is 0.495 e. The molecule has 0 aliphatic heterocycles. The molecule has 2 heterocycles. The normalized spacial score (nSPS) is 11.8. The molecule has 8 heteroatoms. The van der Waals surface area contributed by atoms with Gasteiger partial charge in [-0.2, -0.15) is 0 Å². The number of H-pyrrole nitrogens is 1. The predicted octanol–water partition coefficient (Wildman–Crippen LogP) is 5.52. The van der Waals surface area contributed by atoms with Crippen LogP contribution in [0.15, 0.2) is 65.7 Å². The molecule has 2 amide bonds. The Kier molecular flexibility index (Phi) is 5.67. The van der Waals surface area contributed by atoms with Gasteiger partial charge in [0.15, 0.2) is 0 Å². The Hall–Kier alpha value is -3.39. The fourth-order valence-electron chi connectivity index (χ4n) is 3.39. The second-order valence-electron chi connectivity index (χ2n) is 6.75. The van der Waals surface area contributed by atoms with Crippen molar-refractivity contribution in [2.75, 3.05) is 17.7 Å². The van der Waals surface area contributed by atoms with Crippen molar-refractivity contribution in [3.63, 3.8) is 0 Å². The summed E-state index contributed by atoms with van der Waals surface area (Å²) >= 11 is 3.42. The second-order valence-corrected chi connectivity index (χ2v) is 7.67. The number of nitrogens with one attached hydrogen (secondary N) is 3. The minimum absolute atomic E-state index is 0.0322. The monoisotopic (exact) mass is 465 g/mol. The summed E-state index contributed by atoms with van der Waals surface area (Å²) in [6, 6.07) is 12.9. The number of hydrogen-bond donors (Lipinski definition) is 3. The van der Waals surface area contributed by atoms with Crippen molar-refractivity contribution in [2.45, 2.75) is 12.8 Å². The predicted molar refractivity (Wildman–Crippen MR) is 121 cm³/mol. The van der Waals surface area contributed by atoms with E-state index in [-0.39, 0.29) is 11.9 Å². The molecular formula is C22H20BrN5O2. The van der Waals surface area contributed by atoms with Crippen LogP contribution in [0.1, 0.15) is 24.0 Å². The van der Waals surface area contributed by atoms with Crippen molar-refractivity contribution in [3.8, 4) is 5.75 Å². The summed E-state index contributed by atoms with van der Waals surface area (Å²) in [6.45, 7) is 2.09. The topological polar surface area (TPSA) is 91.9 Å². The number of rotatable bonds is 5. The maximum Gasteiger partial charge on any atom is 0.323 e. The van der Waals surface area contributed by atoms with E-state index in [9.17, 15) is 4.79 Å². The van der Waals surface area contributed by atoms with E-state index in [0.717, 1.165) is 21.1 Å². The first-order chi connectivity index (χ1) is 14.6. The van der Waals surface area contributed by atoms with Gasteiger partial charge in [0.1, 0.15) is 11.3 Å². The van der Waals surface area contributed by atoms with E-state index in [4.69, 9.17) is 4.74 Å². The molecule has 0 spiro atoms. The van der Waals surface area contributed by atoms with E-state index in [1.54, 1.807) is 38.0 Å². The number of aromatic nitrogens is 3. The first-order valence-corrected chi connectivity index (χ1v) is 10.1. The number of carbonyl (C=O) groups is 1. The molecule has 0 aliphatic carbocycles. The number of benzene rings is 2. The van der Waals surface area contributed by atoms with Crippen LogP contribution in [0.4, 0.5) is 16.2 Å². The number of methoxy groups -OCH3 is 1. The fraction of sp³-hybridized carbons (Fsp3) is 0.136. The Balaban J connectivity index is 1.69. The number of hydrogen-bond acceptors (Lipinski definition) is 4. The molecule has 0 bridgehead atoms. The van der Waals surface area contributed by atoms with Crippen molar-refractivity contribution >= 4 is 44.4 Å². The summed E-state index contributed by atoms with van der Waals surface area (Å²) in [7, 11) is 1.56. The standard InChI is InChI=1S/C22H20BrN5O2/c1-13(14-7-9-24-10-8-14)16-4-5-17-21(26-12-25-17)20(16)28-22(29)27-18-11-15(23)3-6-19(18)30-2/h3-13H,1-2H3,(H,25,26)(H2,27,28,29). The van der Waals surface area contributed by atoms with Crippen LogP contribution in [0.2, 0.25) is 0 Å². The minimum Gasteiger partial charge on any atom is -0.495 e. The van der Waals surface area contributed by atoms with Crippen molar-refractivity contribution in [2.24, 2.45) is 0 Å². The molecule has 0 radical (unpaired) electrons. The van der Waals surface area contributed by atoms with Crippen LogP contribution in [0.5, 0.6) is 5.75 Å². The molecule has 7 nitrogen and oxygen atoms in total. The summed E-state index contributed by atoms with van der Waals surface area (Å²) in [6.07, 6.45) is 5.14. The Morgan fingerprint density at radius 2 is 1.93 bits per heavy atom. The zero-order chi connectivity index (χ0) is 21.1. The Labute approximate surface area is 182 Å². The van der Waals surface area contributed by atoms with Gasteiger partial charge in [0.2, 0.25) is 0 Å². The molecule has 3 N–H and O–H groups in total. The van der Waals surface area contributed by atoms with E-state index >= 15 is 0 Å². The molecule has 0 saturated heterocycles. The van der Waals surface area contributed by atoms with Crippen LogP contribution in [-0.2, 0) is 0 Å². The van der Waals surface area contributed by atoms with Gasteiger partial charge in [-0.1, -0.05) is 28.9 Å². The molecule has 4 rings (SSSR count). The number of fused-ring (bicyclic) bond motifs is 1. The van der Waals surface area contributed by atoms with Gasteiger partial charge in [0, 0.05) is 22.8 Å². The number of carbonyl (C=O) groups excluding carboxylic acids is 1. The van der Waals surface area contributed by atoms with Crippen molar-refractivity contribution in [1.29, 1.82) is 0 Å². The van der Waals surface area contributed by atoms with E-state index in [2.05, 4.69) is 48.4 Å². The van der Waals surface area contributed by atoms with E-state index in [0.29, 0.717) is 22.6 Å². The Bertz CT molecular complexity index is 1190. The number of halogens is 1. The smallest absolute Gasteiger partial charge is 0.323 e. The number of urea groups is 1. The van der Waals surface area contributed by atoms with Gasteiger partial charge in [-0.05, 0) is 47.5 Å². The lowest BCUT2D eigenvalue weighted by Gasteiger charge is -2.19. The van der Waals surface area contributed by atoms with Crippen molar-refractivity contribution in [3.05, 3.63) is 76.8 Å². The van der Waals surface area contributed by atoms with E-state index in [1.807, 2.05) is 30.3 Å². The zero-order valence-electron chi connectivity index (χ0n) is 16.4. The molecule has 0 saturated carbocycles. The van der Waals surface area contributed by atoms with Gasteiger partial charge < -0.3 is 20.4 Å². The highest BCUT2D eigenvalue weighted by Crippen LogP contribution is 2.35. The third-order valence-electron chi connectivity index (χ3n) is 4.94. The second kappa shape index (κ2) is 8.54. The SMILES string of the molecule is COc1ccc(Br)cc1NC(=O)Nc1c(C(C)c2ccncc2)ccc2[nH]cnc12. The first-order valence-electron chi connectivity index (χ1n) is 9.34. The maximum atomic E-state index is 12.9. The molecule has 1 atom stereocenters. The molecule has 2 aromatic carbocycles. The summed E-state index contributed by atoms with van der Waals surface area (Å²) < 4.78 is 6.18. The highest BCUT2D eigenvalue weighted by atomic mass is 79.9. The number of ether oxygens (including phenoxy) is 1. The number of anilines is 2. The molecule has 0 aliphatic rings. The van der Waals surface area contributed by atoms with E-state index < -0.39 is 0 Å². The Morgan fingerprint density at radius 3 is 2.70 bits per heavy atom. The first kappa shape index (κ1) is 19.9. The maximum absolute atomic E-state index is 12.9. The van der Waals surface area contributed by atoms with Crippen molar-refractivity contribution in [1.82, 2.24) is 15.0 Å². The highest BCUT2D eigenvalue weighted by Gasteiger charge is 2.19. The van der Waals surface area contributed by atoms with Crippen LogP contribution < -0.4 is 15.4 Å². The molecule has 4 aromatic rings. The van der Waals surface area contributed by atoms with Gasteiger partial charge >= 0.3 is 6.03 Å². The average molecular weight is 466 g/mol. The summed E-state index contributed by atoms with van der Waals surface area (Å²) in [5.41, 5.74) is 4.81. The average Bonchev–Trinajstić information content (AvgIpc) is 3.24.